The molecule has 0 aliphatic rings. The number of amides is 1. The van der Waals surface area contributed by atoms with Crippen LogP contribution in [0.1, 0.15) is 25.7 Å². The lowest BCUT2D eigenvalue weighted by Gasteiger charge is -2.05. The zero-order valence-electron chi connectivity index (χ0n) is 15.6. The van der Waals surface area contributed by atoms with Crippen LogP contribution in [0.4, 0.5) is 10.1 Å². The van der Waals surface area contributed by atoms with Crippen molar-refractivity contribution in [2.45, 2.75) is 6.92 Å². The van der Waals surface area contributed by atoms with E-state index in [9.17, 15) is 14.0 Å². The van der Waals surface area contributed by atoms with Gasteiger partial charge in [0.1, 0.15) is 10.7 Å². The highest BCUT2D eigenvalue weighted by molar-refractivity contribution is 7.19. The van der Waals surface area contributed by atoms with Crippen molar-refractivity contribution in [3.8, 4) is 11.3 Å². The molecule has 0 aliphatic heterocycles. The number of anilines is 1. The highest BCUT2D eigenvalue weighted by Crippen LogP contribution is 2.28. The Kier molecular flexibility index (Phi) is 4.85. The summed E-state index contributed by atoms with van der Waals surface area (Å²) in [6, 6.07) is 12.6. The van der Waals surface area contributed by atoms with Crippen molar-refractivity contribution in [1.82, 2.24) is 9.38 Å². The number of ether oxygens (including phenoxy) is 1. The number of halogens is 1. The number of esters is 1. The second kappa shape index (κ2) is 7.48. The average Bonchev–Trinajstić information content (AvgIpc) is 3.28. The third kappa shape index (κ3) is 3.62. The third-order valence-electron chi connectivity index (χ3n) is 4.47. The van der Waals surface area contributed by atoms with Crippen LogP contribution < -0.4 is 5.32 Å². The predicted octanol–water partition coefficient (Wildman–Crippen LogP) is 4.55. The lowest BCUT2D eigenvalue weighted by molar-refractivity contribution is 0.0600. The number of thiazole rings is 1. The van der Waals surface area contributed by atoms with Crippen molar-refractivity contribution in [2.24, 2.45) is 0 Å². The molecule has 2 heterocycles. The van der Waals surface area contributed by atoms with E-state index in [1.165, 1.54) is 30.6 Å². The normalized spacial score (nSPS) is 10.9. The minimum absolute atomic E-state index is 0.257. The maximum Gasteiger partial charge on any atom is 0.337 e. The number of rotatable bonds is 4. The first-order valence-electron chi connectivity index (χ1n) is 8.70. The highest BCUT2D eigenvalue weighted by atomic mass is 32.1. The topological polar surface area (TPSA) is 72.7 Å². The van der Waals surface area contributed by atoms with Gasteiger partial charge in [-0.25, -0.2) is 14.2 Å². The number of benzene rings is 2. The number of aryl methyl sites for hydroxylation is 1. The van der Waals surface area contributed by atoms with Gasteiger partial charge in [-0.1, -0.05) is 11.3 Å². The molecule has 0 saturated carbocycles. The predicted molar refractivity (Wildman–Crippen MR) is 109 cm³/mol. The summed E-state index contributed by atoms with van der Waals surface area (Å²) in [5.74, 6) is -0.994. The van der Waals surface area contributed by atoms with E-state index in [1.54, 1.807) is 36.4 Å². The van der Waals surface area contributed by atoms with Crippen LogP contribution in [0.15, 0.2) is 54.7 Å². The van der Waals surface area contributed by atoms with Crippen LogP contribution in [0.25, 0.3) is 16.2 Å². The molecule has 1 N–H and O–H groups in total. The first-order chi connectivity index (χ1) is 14.0. The molecular formula is C21H16FN3O3S. The first-order valence-corrected chi connectivity index (χ1v) is 9.52. The Balaban J connectivity index is 1.56. The quantitative estimate of drug-likeness (QED) is 0.502. The van der Waals surface area contributed by atoms with Gasteiger partial charge in [-0.3, -0.25) is 9.20 Å². The number of methoxy groups -OCH3 is 1. The molecule has 29 heavy (non-hydrogen) atoms. The molecule has 0 saturated heterocycles. The fourth-order valence-corrected chi connectivity index (χ4v) is 3.92. The molecule has 6 nitrogen and oxygen atoms in total. The smallest absolute Gasteiger partial charge is 0.337 e. The second-order valence-electron chi connectivity index (χ2n) is 6.33. The van der Waals surface area contributed by atoms with Gasteiger partial charge >= 0.3 is 5.97 Å². The number of carbonyl (C=O) groups is 2. The molecule has 0 fully saturated rings. The van der Waals surface area contributed by atoms with Crippen LogP contribution in [-0.2, 0) is 4.74 Å². The standard InChI is InChI=1S/C21H16FN3O3S/c1-12-18(19(26)23-16-9-5-14(6-10-16)20(27)28-2)29-21-24-17(11-25(12)21)13-3-7-15(22)8-4-13/h3-11H,1-2H3,(H,23,26). The van der Waals surface area contributed by atoms with Gasteiger partial charge in [0, 0.05) is 23.1 Å². The molecule has 0 bridgehead atoms. The minimum Gasteiger partial charge on any atom is -0.465 e. The Morgan fingerprint density at radius 1 is 1.10 bits per heavy atom. The minimum atomic E-state index is -0.435. The maximum atomic E-state index is 13.1. The molecule has 146 valence electrons. The van der Waals surface area contributed by atoms with Crippen LogP contribution in [0, 0.1) is 12.7 Å². The third-order valence-corrected chi connectivity index (χ3v) is 5.62. The van der Waals surface area contributed by atoms with Crippen LogP contribution >= 0.6 is 11.3 Å². The number of nitrogens with one attached hydrogen (secondary N) is 1. The summed E-state index contributed by atoms with van der Waals surface area (Å²) in [5, 5.41) is 2.82. The maximum absolute atomic E-state index is 13.1. The molecule has 2 aromatic carbocycles. The Morgan fingerprint density at radius 2 is 1.79 bits per heavy atom. The van der Waals surface area contributed by atoms with Crippen molar-refractivity contribution < 1.29 is 18.7 Å². The number of hydrogen-bond donors (Lipinski definition) is 1. The van der Waals surface area contributed by atoms with E-state index in [4.69, 9.17) is 0 Å². The van der Waals surface area contributed by atoms with Crippen molar-refractivity contribution in [1.29, 1.82) is 0 Å². The van der Waals surface area contributed by atoms with E-state index in [0.29, 0.717) is 26.8 Å². The lowest BCUT2D eigenvalue weighted by Crippen LogP contribution is -2.12. The summed E-state index contributed by atoms with van der Waals surface area (Å²) >= 11 is 1.27. The average molecular weight is 409 g/mol. The van der Waals surface area contributed by atoms with Gasteiger partial charge in [0.05, 0.1) is 18.4 Å². The largest absolute Gasteiger partial charge is 0.465 e. The van der Waals surface area contributed by atoms with E-state index in [-0.39, 0.29) is 11.7 Å². The first kappa shape index (κ1) is 18.8. The van der Waals surface area contributed by atoms with E-state index in [2.05, 4.69) is 15.0 Å². The Labute approximate surface area is 169 Å². The molecule has 0 aliphatic carbocycles. The summed E-state index contributed by atoms with van der Waals surface area (Å²) in [5.41, 5.74) is 3.25. The summed E-state index contributed by atoms with van der Waals surface area (Å²) in [7, 11) is 1.31. The number of fused-ring (bicyclic) bond motifs is 1. The Morgan fingerprint density at radius 3 is 2.41 bits per heavy atom. The molecule has 0 radical (unpaired) electrons. The molecule has 4 aromatic rings. The molecule has 0 unspecified atom stereocenters. The zero-order chi connectivity index (χ0) is 20.5. The summed E-state index contributed by atoms with van der Waals surface area (Å²) in [6.45, 7) is 1.84. The van der Waals surface area contributed by atoms with E-state index in [1.807, 2.05) is 17.5 Å². The van der Waals surface area contributed by atoms with E-state index >= 15 is 0 Å². The Hall–Kier alpha value is -3.52. The van der Waals surface area contributed by atoms with E-state index < -0.39 is 5.97 Å². The van der Waals surface area contributed by atoms with Gasteiger partial charge in [-0.05, 0) is 55.5 Å². The molecule has 2 aromatic heterocycles. The monoisotopic (exact) mass is 409 g/mol. The number of imidazole rings is 1. The fourth-order valence-electron chi connectivity index (χ4n) is 2.92. The van der Waals surface area contributed by atoms with Crippen molar-refractivity contribution in [3.05, 3.63) is 76.7 Å². The van der Waals surface area contributed by atoms with Crippen molar-refractivity contribution in [3.63, 3.8) is 0 Å². The Bertz CT molecular complexity index is 1210. The van der Waals surface area contributed by atoms with Crippen LogP contribution in [0.3, 0.4) is 0 Å². The lowest BCUT2D eigenvalue weighted by atomic mass is 10.2. The van der Waals surface area contributed by atoms with Gasteiger partial charge in [0.25, 0.3) is 5.91 Å². The van der Waals surface area contributed by atoms with Gasteiger partial charge < -0.3 is 10.1 Å². The summed E-state index contributed by atoms with van der Waals surface area (Å²) in [6.07, 6.45) is 1.83. The molecule has 0 atom stereocenters. The van der Waals surface area contributed by atoms with Crippen molar-refractivity contribution in [2.75, 3.05) is 12.4 Å². The van der Waals surface area contributed by atoms with Crippen LogP contribution in [0.2, 0.25) is 0 Å². The highest BCUT2D eigenvalue weighted by Gasteiger charge is 2.18. The number of hydrogen-bond acceptors (Lipinski definition) is 5. The summed E-state index contributed by atoms with van der Waals surface area (Å²) < 4.78 is 19.6. The molecular weight excluding hydrogens is 393 g/mol. The van der Waals surface area contributed by atoms with Gasteiger partial charge in [-0.15, -0.1) is 0 Å². The fraction of sp³-hybridized carbons (Fsp3) is 0.0952. The SMILES string of the molecule is COC(=O)c1ccc(NC(=O)c2sc3nc(-c4ccc(F)cc4)cn3c2C)cc1. The van der Waals surface area contributed by atoms with Gasteiger partial charge in [-0.2, -0.15) is 0 Å². The second-order valence-corrected chi connectivity index (χ2v) is 7.30. The molecule has 0 spiro atoms. The van der Waals surface area contributed by atoms with Crippen LogP contribution in [0.5, 0.6) is 0 Å². The number of aromatic nitrogens is 2. The molecule has 4 rings (SSSR count). The molecule has 1 amide bonds. The van der Waals surface area contributed by atoms with Gasteiger partial charge in [0.2, 0.25) is 0 Å². The van der Waals surface area contributed by atoms with Crippen molar-refractivity contribution >= 4 is 33.9 Å². The van der Waals surface area contributed by atoms with E-state index in [0.717, 1.165) is 11.3 Å². The number of carbonyl (C=O) groups excluding carboxylic acids is 2. The van der Waals surface area contributed by atoms with Gasteiger partial charge in [0.15, 0.2) is 4.96 Å². The zero-order valence-corrected chi connectivity index (χ0v) is 16.4. The number of nitrogens with zero attached hydrogens (tertiary/aromatic N) is 2. The summed E-state index contributed by atoms with van der Waals surface area (Å²) in [4.78, 5) is 30.0. The van der Waals surface area contributed by atoms with Crippen LogP contribution in [-0.4, -0.2) is 28.4 Å². The molecule has 8 heteroatoms.